The van der Waals surface area contributed by atoms with Gasteiger partial charge in [-0.2, -0.15) is 0 Å². The second kappa shape index (κ2) is 7.60. The van der Waals surface area contributed by atoms with Crippen LogP contribution in [0.2, 0.25) is 0 Å². The Bertz CT molecular complexity index is 611. The summed E-state index contributed by atoms with van der Waals surface area (Å²) >= 11 is 0. The summed E-state index contributed by atoms with van der Waals surface area (Å²) in [5.41, 5.74) is 2.55. The van der Waals surface area contributed by atoms with Gasteiger partial charge in [0.2, 0.25) is 0 Å². The molecule has 0 unspecified atom stereocenters. The van der Waals surface area contributed by atoms with Crippen LogP contribution in [0.5, 0.6) is 0 Å². The number of anilines is 2. The van der Waals surface area contributed by atoms with Crippen LogP contribution in [0.25, 0.3) is 0 Å². The van der Waals surface area contributed by atoms with Gasteiger partial charge in [0.25, 0.3) is 0 Å². The molecule has 0 spiro atoms. The number of likely N-dealkylation sites (tertiary alicyclic amines) is 1. The van der Waals surface area contributed by atoms with E-state index in [0.717, 1.165) is 5.82 Å². The Morgan fingerprint density at radius 3 is 2.78 bits per heavy atom. The Hall–Kier alpha value is -1.87. The minimum Gasteiger partial charge on any atom is -0.329 e. The van der Waals surface area contributed by atoms with Gasteiger partial charge < -0.3 is 4.90 Å². The van der Waals surface area contributed by atoms with Crippen LogP contribution in [-0.4, -0.2) is 30.0 Å². The van der Waals surface area contributed by atoms with Gasteiger partial charge in [-0.15, -0.1) is 0 Å². The van der Waals surface area contributed by atoms with Crippen LogP contribution in [0.1, 0.15) is 44.2 Å². The van der Waals surface area contributed by atoms with Gasteiger partial charge in [-0.1, -0.05) is 37.6 Å². The van der Waals surface area contributed by atoms with E-state index in [1.807, 2.05) is 6.20 Å². The molecule has 0 bridgehead atoms. The monoisotopic (exact) mass is 309 g/mol. The number of rotatable bonds is 6. The lowest BCUT2D eigenvalue weighted by Crippen LogP contribution is -2.26. The third-order valence-corrected chi connectivity index (χ3v) is 4.80. The van der Waals surface area contributed by atoms with Crippen molar-refractivity contribution in [3.8, 4) is 0 Å². The second-order valence-corrected chi connectivity index (χ2v) is 6.36. The fraction of sp³-hybridized carbons (Fsp3) is 0.450. The average molecular weight is 309 g/mol. The summed E-state index contributed by atoms with van der Waals surface area (Å²) in [4.78, 5) is 9.57. The predicted octanol–water partition coefficient (Wildman–Crippen LogP) is 4.79. The molecule has 1 fully saturated rings. The summed E-state index contributed by atoms with van der Waals surface area (Å²) in [6, 6.07) is 15.3. The lowest BCUT2D eigenvalue weighted by molar-refractivity contribution is 0.253. The number of aromatic nitrogens is 1. The Kier molecular flexibility index (Phi) is 5.29. The van der Waals surface area contributed by atoms with Crippen molar-refractivity contribution >= 4 is 11.5 Å². The SMILES string of the molecule is CCCCN1CCC[C@@H]1c1cccnc1N(C)c1ccccc1. The van der Waals surface area contributed by atoms with Gasteiger partial charge in [-0.3, -0.25) is 4.90 Å². The zero-order valence-corrected chi connectivity index (χ0v) is 14.3. The Labute approximate surface area is 140 Å². The van der Waals surface area contributed by atoms with Gasteiger partial charge >= 0.3 is 0 Å². The Morgan fingerprint density at radius 1 is 1.17 bits per heavy atom. The predicted molar refractivity (Wildman–Crippen MR) is 97.2 cm³/mol. The van der Waals surface area contributed by atoms with Crippen molar-refractivity contribution in [1.82, 2.24) is 9.88 Å². The molecular weight excluding hydrogens is 282 g/mol. The number of para-hydroxylation sites is 1. The van der Waals surface area contributed by atoms with Crippen molar-refractivity contribution < 1.29 is 0 Å². The van der Waals surface area contributed by atoms with Gasteiger partial charge in [-0.05, 0) is 50.6 Å². The summed E-state index contributed by atoms with van der Waals surface area (Å²) in [5, 5.41) is 0. The molecule has 1 aliphatic rings. The van der Waals surface area contributed by atoms with E-state index in [9.17, 15) is 0 Å². The summed E-state index contributed by atoms with van der Waals surface area (Å²) in [5.74, 6) is 1.09. The minimum atomic E-state index is 0.511. The van der Waals surface area contributed by atoms with E-state index in [4.69, 9.17) is 4.98 Å². The molecule has 0 N–H and O–H groups in total. The summed E-state index contributed by atoms with van der Waals surface area (Å²) in [7, 11) is 2.12. The normalized spacial score (nSPS) is 18.3. The zero-order valence-electron chi connectivity index (χ0n) is 14.3. The molecule has 3 rings (SSSR count). The standard InChI is InChI=1S/C20H27N3/c1-3-4-15-23-16-9-13-19(23)18-12-8-14-21-20(18)22(2)17-10-6-5-7-11-17/h5-8,10-12,14,19H,3-4,9,13,15-16H2,1-2H3/t19-/m1/s1. The van der Waals surface area contributed by atoms with Gasteiger partial charge in [0.15, 0.2) is 0 Å². The first-order valence-corrected chi connectivity index (χ1v) is 8.79. The van der Waals surface area contributed by atoms with Crippen molar-refractivity contribution in [2.75, 3.05) is 25.0 Å². The molecule has 0 radical (unpaired) electrons. The number of benzene rings is 1. The third-order valence-electron chi connectivity index (χ3n) is 4.80. The van der Waals surface area contributed by atoms with E-state index < -0.39 is 0 Å². The molecule has 1 aromatic heterocycles. The molecule has 122 valence electrons. The van der Waals surface area contributed by atoms with Crippen LogP contribution >= 0.6 is 0 Å². The van der Waals surface area contributed by atoms with E-state index in [0.29, 0.717) is 6.04 Å². The van der Waals surface area contributed by atoms with Crippen LogP contribution in [0.3, 0.4) is 0 Å². The van der Waals surface area contributed by atoms with E-state index in [-0.39, 0.29) is 0 Å². The molecule has 0 aliphatic carbocycles. The molecule has 1 aromatic carbocycles. The number of hydrogen-bond donors (Lipinski definition) is 0. The molecule has 1 aliphatic heterocycles. The molecule has 2 aromatic rings. The average Bonchev–Trinajstić information content (AvgIpc) is 3.08. The van der Waals surface area contributed by atoms with Crippen molar-refractivity contribution in [2.45, 2.75) is 38.6 Å². The highest BCUT2D eigenvalue weighted by molar-refractivity contribution is 5.62. The fourth-order valence-corrected chi connectivity index (χ4v) is 3.53. The molecule has 23 heavy (non-hydrogen) atoms. The summed E-state index contributed by atoms with van der Waals surface area (Å²) in [6.07, 6.45) is 6.97. The van der Waals surface area contributed by atoms with E-state index >= 15 is 0 Å². The molecule has 0 amide bonds. The van der Waals surface area contributed by atoms with Crippen molar-refractivity contribution in [1.29, 1.82) is 0 Å². The van der Waals surface area contributed by atoms with Crippen LogP contribution in [0, 0.1) is 0 Å². The highest BCUT2D eigenvalue weighted by atomic mass is 15.2. The molecule has 3 nitrogen and oxygen atoms in total. The van der Waals surface area contributed by atoms with E-state index in [1.54, 1.807) is 0 Å². The first kappa shape index (κ1) is 16.0. The molecule has 3 heteroatoms. The second-order valence-electron chi connectivity index (χ2n) is 6.36. The Balaban J connectivity index is 1.88. The van der Waals surface area contributed by atoms with Crippen molar-refractivity contribution in [3.63, 3.8) is 0 Å². The van der Waals surface area contributed by atoms with Crippen LogP contribution in [0.4, 0.5) is 11.5 Å². The largest absolute Gasteiger partial charge is 0.329 e. The maximum Gasteiger partial charge on any atom is 0.137 e. The lowest BCUT2D eigenvalue weighted by atomic mass is 10.0. The van der Waals surface area contributed by atoms with Gasteiger partial charge in [0, 0.05) is 30.5 Å². The summed E-state index contributed by atoms with van der Waals surface area (Å²) in [6.45, 7) is 4.68. The highest BCUT2D eigenvalue weighted by Crippen LogP contribution is 2.37. The first-order chi connectivity index (χ1) is 11.3. The van der Waals surface area contributed by atoms with Crippen molar-refractivity contribution in [2.24, 2.45) is 0 Å². The maximum absolute atomic E-state index is 4.71. The highest BCUT2D eigenvalue weighted by Gasteiger charge is 2.28. The van der Waals surface area contributed by atoms with E-state index in [2.05, 4.69) is 66.2 Å². The number of pyridine rings is 1. The molecule has 1 saturated heterocycles. The minimum absolute atomic E-state index is 0.511. The van der Waals surface area contributed by atoms with Gasteiger partial charge in [0.05, 0.1) is 0 Å². The number of hydrogen-bond acceptors (Lipinski definition) is 3. The van der Waals surface area contributed by atoms with Crippen LogP contribution in [0.15, 0.2) is 48.7 Å². The number of unbranched alkanes of at least 4 members (excludes halogenated alkanes) is 1. The van der Waals surface area contributed by atoms with Crippen LogP contribution in [-0.2, 0) is 0 Å². The van der Waals surface area contributed by atoms with Gasteiger partial charge in [0.1, 0.15) is 5.82 Å². The lowest BCUT2D eigenvalue weighted by Gasteiger charge is -2.29. The first-order valence-electron chi connectivity index (χ1n) is 8.79. The maximum atomic E-state index is 4.71. The van der Waals surface area contributed by atoms with Crippen molar-refractivity contribution in [3.05, 3.63) is 54.2 Å². The van der Waals surface area contributed by atoms with E-state index in [1.165, 1.54) is 50.0 Å². The summed E-state index contributed by atoms with van der Waals surface area (Å²) < 4.78 is 0. The topological polar surface area (TPSA) is 19.4 Å². The quantitative estimate of drug-likeness (QED) is 0.765. The molecular formula is C20H27N3. The Morgan fingerprint density at radius 2 is 2.00 bits per heavy atom. The molecule has 0 saturated carbocycles. The third kappa shape index (κ3) is 3.56. The smallest absolute Gasteiger partial charge is 0.137 e. The fourth-order valence-electron chi connectivity index (χ4n) is 3.53. The van der Waals surface area contributed by atoms with Gasteiger partial charge in [-0.25, -0.2) is 4.98 Å². The van der Waals surface area contributed by atoms with Crippen LogP contribution < -0.4 is 4.90 Å². The number of nitrogens with zero attached hydrogens (tertiary/aromatic N) is 3. The zero-order chi connectivity index (χ0) is 16.1. The molecule has 1 atom stereocenters. The molecule has 2 heterocycles.